The van der Waals surface area contributed by atoms with Crippen LogP contribution >= 0.6 is 0 Å². The highest BCUT2D eigenvalue weighted by Crippen LogP contribution is 2.47. The number of hydrogen-bond acceptors (Lipinski definition) is 2. The van der Waals surface area contributed by atoms with Crippen LogP contribution in [0.1, 0.15) is 24.2 Å². The van der Waals surface area contributed by atoms with Crippen LogP contribution in [0.5, 0.6) is 0 Å². The van der Waals surface area contributed by atoms with Gasteiger partial charge in [0, 0.05) is 32.0 Å². The molecule has 26 heavy (non-hydrogen) atoms. The predicted molar refractivity (Wildman–Crippen MR) is 107 cm³/mol. The van der Waals surface area contributed by atoms with E-state index in [9.17, 15) is 0 Å². The van der Waals surface area contributed by atoms with E-state index in [4.69, 9.17) is 0 Å². The first-order chi connectivity index (χ1) is 12.8. The van der Waals surface area contributed by atoms with Crippen LogP contribution in [-0.4, -0.2) is 36.1 Å². The van der Waals surface area contributed by atoms with Gasteiger partial charge in [0.25, 0.3) is 0 Å². The molecule has 0 saturated heterocycles. The third-order valence-corrected chi connectivity index (χ3v) is 5.15. The van der Waals surface area contributed by atoms with Gasteiger partial charge in [-0.15, -0.1) is 0 Å². The molecule has 5 nitrogen and oxygen atoms in total. The van der Waals surface area contributed by atoms with Crippen molar-refractivity contribution in [1.29, 1.82) is 0 Å². The van der Waals surface area contributed by atoms with E-state index in [1.807, 2.05) is 25.2 Å². The fraction of sp³-hybridized carbons (Fsp3) is 0.333. The number of imidazole rings is 1. The maximum atomic E-state index is 4.61. The third-order valence-electron chi connectivity index (χ3n) is 5.15. The van der Waals surface area contributed by atoms with Crippen molar-refractivity contribution in [2.24, 2.45) is 4.99 Å². The summed E-state index contributed by atoms with van der Waals surface area (Å²) in [5.74, 6) is 1.85. The Morgan fingerprint density at radius 2 is 1.85 bits per heavy atom. The van der Waals surface area contributed by atoms with Crippen LogP contribution in [0.25, 0.3) is 11.0 Å². The van der Waals surface area contributed by atoms with Gasteiger partial charge in [0.05, 0.1) is 11.0 Å². The van der Waals surface area contributed by atoms with Crippen molar-refractivity contribution in [3.05, 3.63) is 66.0 Å². The van der Waals surface area contributed by atoms with Crippen molar-refractivity contribution >= 4 is 17.0 Å². The molecule has 1 fully saturated rings. The summed E-state index contributed by atoms with van der Waals surface area (Å²) in [7, 11) is 1.82. The SMILES string of the molecule is CN=C(NCCc1nc2ccccc2[nH]1)NCC1(c2ccccc2)CC1. The zero-order chi connectivity index (χ0) is 17.8. The van der Waals surface area contributed by atoms with E-state index >= 15 is 0 Å². The summed E-state index contributed by atoms with van der Waals surface area (Å²) in [5, 5.41) is 6.88. The Bertz CT molecular complexity index is 860. The molecule has 3 aromatic rings. The number of fused-ring (bicyclic) bond motifs is 1. The van der Waals surface area contributed by atoms with Crippen molar-refractivity contribution in [2.45, 2.75) is 24.7 Å². The van der Waals surface area contributed by atoms with Crippen molar-refractivity contribution < 1.29 is 0 Å². The van der Waals surface area contributed by atoms with Gasteiger partial charge in [-0.25, -0.2) is 4.98 Å². The number of H-pyrrole nitrogens is 1. The van der Waals surface area contributed by atoms with Gasteiger partial charge in [-0.2, -0.15) is 0 Å². The molecular weight excluding hydrogens is 322 g/mol. The molecule has 0 unspecified atom stereocenters. The first kappa shape index (κ1) is 16.6. The number of aromatic nitrogens is 2. The molecule has 1 aliphatic rings. The summed E-state index contributed by atoms with van der Waals surface area (Å²) in [4.78, 5) is 12.3. The molecular formula is C21H25N5. The Labute approximate surface area is 154 Å². The second kappa shape index (κ2) is 7.20. The van der Waals surface area contributed by atoms with Gasteiger partial charge in [-0.1, -0.05) is 42.5 Å². The lowest BCUT2D eigenvalue weighted by Crippen LogP contribution is -2.42. The number of hydrogen-bond donors (Lipinski definition) is 3. The Morgan fingerprint density at radius 3 is 2.58 bits per heavy atom. The van der Waals surface area contributed by atoms with Crippen molar-refractivity contribution in [3.63, 3.8) is 0 Å². The van der Waals surface area contributed by atoms with Crippen LogP contribution < -0.4 is 10.6 Å². The summed E-state index contributed by atoms with van der Waals surface area (Å²) in [6.07, 6.45) is 3.30. The summed E-state index contributed by atoms with van der Waals surface area (Å²) < 4.78 is 0. The third kappa shape index (κ3) is 3.57. The maximum absolute atomic E-state index is 4.61. The van der Waals surface area contributed by atoms with Crippen LogP contribution in [0.2, 0.25) is 0 Å². The highest BCUT2D eigenvalue weighted by atomic mass is 15.2. The van der Waals surface area contributed by atoms with Gasteiger partial charge >= 0.3 is 0 Å². The fourth-order valence-corrected chi connectivity index (χ4v) is 3.41. The van der Waals surface area contributed by atoms with Crippen LogP contribution in [0, 0.1) is 0 Å². The highest BCUT2D eigenvalue weighted by Gasteiger charge is 2.43. The monoisotopic (exact) mass is 347 g/mol. The molecule has 0 bridgehead atoms. The van der Waals surface area contributed by atoms with Gasteiger partial charge < -0.3 is 15.6 Å². The molecule has 0 atom stereocenters. The number of rotatable bonds is 6. The molecule has 0 aliphatic heterocycles. The first-order valence-electron chi connectivity index (χ1n) is 9.23. The van der Waals surface area contributed by atoms with Crippen molar-refractivity contribution in [1.82, 2.24) is 20.6 Å². The lowest BCUT2D eigenvalue weighted by atomic mass is 9.96. The largest absolute Gasteiger partial charge is 0.356 e. The van der Waals surface area contributed by atoms with Crippen molar-refractivity contribution in [3.8, 4) is 0 Å². The fourth-order valence-electron chi connectivity index (χ4n) is 3.41. The first-order valence-corrected chi connectivity index (χ1v) is 9.23. The van der Waals surface area contributed by atoms with E-state index in [2.05, 4.69) is 62.0 Å². The van der Waals surface area contributed by atoms with E-state index in [1.54, 1.807) is 0 Å². The summed E-state index contributed by atoms with van der Waals surface area (Å²) in [6, 6.07) is 18.9. The minimum atomic E-state index is 0.275. The number of aromatic amines is 1. The number of para-hydroxylation sites is 2. The molecule has 134 valence electrons. The van der Waals surface area contributed by atoms with Gasteiger partial charge in [-0.3, -0.25) is 4.99 Å². The molecule has 1 aliphatic carbocycles. The Hall–Kier alpha value is -2.82. The molecule has 1 aromatic heterocycles. The Kier molecular flexibility index (Phi) is 4.61. The summed E-state index contributed by atoms with van der Waals surface area (Å²) >= 11 is 0. The second-order valence-electron chi connectivity index (χ2n) is 6.95. The van der Waals surface area contributed by atoms with Crippen LogP contribution in [0.4, 0.5) is 0 Å². The van der Waals surface area contributed by atoms with Crippen LogP contribution in [0.3, 0.4) is 0 Å². The van der Waals surface area contributed by atoms with E-state index < -0.39 is 0 Å². The van der Waals surface area contributed by atoms with Gasteiger partial charge in [0.2, 0.25) is 0 Å². The smallest absolute Gasteiger partial charge is 0.191 e. The van der Waals surface area contributed by atoms with Crippen molar-refractivity contribution in [2.75, 3.05) is 20.1 Å². The average Bonchev–Trinajstić information content (AvgIpc) is 3.37. The molecule has 0 radical (unpaired) electrons. The van der Waals surface area contributed by atoms with E-state index in [1.165, 1.54) is 18.4 Å². The minimum Gasteiger partial charge on any atom is -0.356 e. The summed E-state index contributed by atoms with van der Waals surface area (Å²) in [5.41, 5.74) is 3.80. The number of guanidine groups is 1. The number of benzene rings is 2. The van der Waals surface area contributed by atoms with E-state index in [-0.39, 0.29) is 5.41 Å². The molecule has 0 spiro atoms. The van der Waals surface area contributed by atoms with Crippen LogP contribution in [0.15, 0.2) is 59.6 Å². The highest BCUT2D eigenvalue weighted by molar-refractivity contribution is 5.80. The Morgan fingerprint density at radius 1 is 1.08 bits per heavy atom. The minimum absolute atomic E-state index is 0.275. The standard InChI is InChI=1S/C21H25N5/c1-22-20(24-15-21(12-13-21)16-7-3-2-4-8-16)23-14-11-19-25-17-9-5-6-10-18(17)26-19/h2-10H,11-15H2,1H3,(H,25,26)(H2,22,23,24). The Balaban J connectivity index is 1.28. The lowest BCUT2D eigenvalue weighted by Gasteiger charge is -2.19. The molecule has 0 amide bonds. The number of nitrogens with zero attached hydrogens (tertiary/aromatic N) is 2. The molecule has 2 aromatic carbocycles. The molecule has 5 heteroatoms. The molecule has 3 N–H and O–H groups in total. The second-order valence-corrected chi connectivity index (χ2v) is 6.95. The molecule has 1 heterocycles. The average molecular weight is 347 g/mol. The topological polar surface area (TPSA) is 65.1 Å². The van der Waals surface area contributed by atoms with E-state index in [0.29, 0.717) is 0 Å². The van der Waals surface area contributed by atoms with Crippen LogP contribution in [-0.2, 0) is 11.8 Å². The summed E-state index contributed by atoms with van der Waals surface area (Å²) in [6.45, 7) is 1.71. The zero-order valence-electron chi connectivity index (χ0n) is 15.1. The van der Waals surface area contributed by atoms with Gasteiger partial charge in [-0.05, 0) is 30.5 Å². The van der Waals surface area contributed by atoms with Gasteiger partial charge in [0.15, 0.2) is 5.96 Å². The quantitative estimate of drug-likeness (QED) is 0.474. The normalized spacial score (nSPS) is 15.8. The number of aliphatic imine (C=N–C) groups is 1. The zero-order valence-corrected chi connectivity index (χ0v) is 15.1. The van der Waals surface area contributed by atoms with Gasteiger partial charge in [0.1, 0.15) is 5.82 Å². The maximum Gasteiger partial charge on any atom is 0.191 e. The number of nitrogens with one attached hydrogen (secondary N) is 3. The predicted octanol–water partition coefficient (Wildman–Crippen LogP) is 3.00. The molecule has 1 saturated carbocycles. The van der Waals surface area contributed by atoms with E-state index in [0.717, 1.165) is 42.3 Å². The molecule has 4 rings (SSSR count). The lowest BCUT2D eigenvalue weighted by molar-refractivity contribution is 0.644.